The number of carbonyl (C=O) groups excluding carboxylic acids is 5. The Balaban J connectivity index is 2.19. The van der Waals surface area contributed by atoms with Gasteiger partial charge in [0, 0.05) is 32.0 Å². The molecule has 40 heavy (non-hydrogen) atoms. The van der Waals surface area contributed by atoms with Crippen molar-refractivity contribution < 1.29 is 52.4 Å². The molecule has 3 rings (SSSR count). The minimum atomic E-state index is -1.13. The third kappa shape index (κ3) is 6.23. The molecule has 16 nitrogen and oxygen atoms in total. The fourth-order valence-electron chi connectivity index (χ4n) is 3.94. The number of pyridine rings is 1. The minimum absolute atomic E-state index is 0.0757. The summed E-state index contributed by atoms with van der Waals surface area (Å²) >= 11 is 0. The van der Waals surface area contributed by atoms with Gasteiger partial charge in [-0.05, 0) is 6.07 Å². The molecule has 1 N–H and O–H groups in total. The minimum Gasteiger partial charge on any atom is -0.465 e. The van der Waals surface area contributed by atoms with E-state index in [-0.39, 0.29) is 24.2 Å². The van der Waals surface area contributed by atoms with E-state index < -0.39 is 76.5 Å². The molecule has 0 bridgehead atoms. The molecular formula is C24H25N3O13. The van der Waals surface area contributed by atoms with Crippen LogP contribution in [-0.2, 0) is 38.0 Å². The molecule has 1 saturated heterocycles. The maximum absolute atomic E-state index is 12.9. The summed E-state index contributed by atoms with van der Waals surface area (Å²) in [6.45, 7) is 2.05. The van der Waals surface area contributed by atoms with Crippen molar-refractivity contribution in [2.24, 2.45) is 0 Å². The van der Waals surface area contributed by atoms with Gasteiger partial charge in [0.25, 0.3) is 5.56 Å². The Hall–Kier alpha value is -4.86. The van der Waals surface area contributed by atoms with Crippen LogP contribution in [0, 0.1) is 0 Å². The first-order chi connectivity index (χ1) is 18.9. The molecule has 2 aromatic rings. The molecular weight excluding hydrogens is 538 g/mol. The van der Waals surface area contributed by atoms with Crippen LogP contribution in [-0.4, -0.2) is 84.5 Å². The van der Waals surface area contributed by atoms with E-state index in [1.807, 2.05) is 0 Å². The Kier molecular flexibility index (Phi) is 9.15. The van der Waals surface area contributed by atoms with E-state index in [9.17, 15) is 33.6 Å². The Bertz CT molecular complexity index is 1480. The van der Waals surface area contributed by atoms with Crippen molar-refractivity contribution >= 4 is 29.8 Å². The lowest BCUT2D eigenvalue weighted by Gasteiger charge is -2.18. The standard InChI is InChI=1S/C24H25N3O13/c1-10(28)38-9-16-15(39-11(2)29)7-17(40-16)27-8-14(20(30)26-24(27)34)12-6-13(21(31)35-3)19(23(33)37-5)25-18(12)22(32)36-4/h6,8,15-17H,7,9H2,1-5H3,(H,26,30,34)/t15?,16-,17-/m1/s1. The first kappa shape index (κ1) is 29.7. The van der Waals surface area contributed by atoms with Crippen molar-refractivity contribution in [3.8, 4) is 11.1 Å². The van der Waals surface area contributed by atoms with Crippen LogP contribution in [0.15, 0.2) is 21.9 Å². The van der Waals surface area contributed by atoms with Gasteiger partial charge in [-0.1, -0.05) is 0 Å². The molecule has 3 atom stereocenters. The Morgan fingerprint density at radius 3 is 2.15 bits per heavy atom. The van der Waals surface area contributed by atoms with Gasteiger partial charge in [0.1, 0.15) is 25.0 Å². The second-order valence-corrected chi connectivity index (χ2v) is 8.28. The smallest absolute Gasteiger partial charge is 0.357 e. The molecule has 3 heterocycles. The van der Waals surface area contributed by atoms with Crippen LogP contribution >= 0.6 is 0 Å². The molecule has 0 amide bonds. The average Bonchev–Trinajstić information content (AvgIpc) is 3.31. The zero-order valence-corrected chi connectivity index (χ0v) is 22.0. The van der Waals surface area contributed by atoms with Crippen LogP contribution in [0.2, 0.25) is 0 Å². The number of nitrogens with zero attached hydrogens (tertiary/aromatic N) is 2. The summed E-state index contributed by atoms with van der Waals surface area (Å²) in [5.41, 5.74) is -4.13. The molecule has 16 heteroatoms. The second kappa shape index (κ2) is 12.3. The van der Waals surface area contributed by atoms with Crippen LogP contribution < -0.4 is 11.2 Å². The molecule has 1 aliphatic heterocycles. The van der Waals surface area contributed by atoms with Gasteiger partial charge in [-0.15, -0.1) is 0 Å². The molecule has 0 radical (unpaired) electrons. The molecule has 0 saturated carbocycles. The molecule has 1 fully saturated rings. The van der Waals surface area contributed by atoms with Gasteiger partial charge in [0.2, 0.25) is 0 Å². The van der Waals surface area contributed by atoms with Gasteiger partial charge >= 0.3 is 35.5 Å². The summed E-state index contributed by atoms with van der Waals surface area (Å²) < 4.78 is 31.0. The molecule has 2 aromatic heterocycles. The third-order valence-corrected chi connectivity index (χ3v) is 5.70. The predicted molar refractivity (Wildman–Crippen MR) is 129 cm³/mol. The number of rotatable bonds is 8. The predicted octanol–water partition coefficient (Wildman–Crippen LogP) is -0.259. The highest BCUT2D eigenvalue weighted by Crippen LogP contribution is 2.31. The van der Waals surface area contributed by atoms with Crippen LogP contribution in [0.3, 0.4) is 0 Å². The number of carbonyl (C=O) groups is 5. The third-order valence-electron chi connectivity index (χ3n) is 5.70. The molecule has 0 aliphatic carbocycles. The topological polar surface area (TPSA) is 208 Å². The van der Waals surface area contributed by atoms with Crippen molar-refractivity contribution in [3.63, 3.8) is 0 Å². The molecule has 1 unspecified atom stereocenters. The average molecular weight is 563 g/mol. The fraction of sp³-hybridized carbons (Fsp3) is 0.417. The number of aromatic amines is 1. The molecule has 1 aliphatic rings. The molecule has 0 aromatic carbocycles. The van der Waals surface area contributed by atoms with Crippen molar-refractivity contribution in [2.45, 2.75) is 38.7 Å². The van der Waals surface area contributed by atoms with Gasteiger partial charge in [0.05, 0.1) is 32.5 Å². The van der Waals surface area contributed by atoms with E-state index in [1.54, 1.807) is 0 Å². The number of esters is 5. The van der Waals surface area contributed by atoms with Crippen molar-refractivity contribution in [3.05, 3.63) is 50.1 Å². The summed E-state index contributed by atoms with van der Waals surface area (Å²) in [7, 11) is 3.08. The summed E-state index contributed by atoms with van der Waals surface area (Å²) in [5.74, 6) is -4.46. The highest BCUT2D eigenvalue weighted by Gasteiger charge is 2.40. The maximum atomic E-state index is 12.9. The number of nitrogens with one attached hydrogen (secondary N) is 1. The number of aromatic nitrogens is 3. The lowest BCUT2D eigenvalue weighted by molar-refractivity contribution is -0.155. The highest BCUT2D eigenvalue weighted by atomic mass is 16.6. The lowest BCUT2D eigenvalue weighted by atomic mass is 10.0. The highest BCUT2D eigenvalue weighted by molar-refractivity contribution is 6.05. The van der Waals surface area contributed by atoms with E-state index in [0.717, 1.165) is 38.2 Å². The molecule has 0 spiro atoms. The molecule has 214 valence electrons. The van der Waals surface area contributed by atoms with Crippen molar-refractivity contribution in [1.29, 1.82) is 0 Å². The summed E-state index contributed by atoms with van der Waals surface area (Å²) in [5, 5.41) is 0. The van der Waals surface area contributed by atoms with Crippen LogP contribution in [0.4, 0.5) is 0 Å². The summed E-state index contributed by atoms with van der Waals surface area (Å²) in [6.07, 6.45) is -2.03. The second-order valence-electron chi connectivity index (χ2n) is 8.28. The van der Waals surface area contributed by atoms with Gasteiger partial charge < -0.3 is 28.4 Å². The van der Waals surface area contributed by atoms with Gasteiger partial charge in [-0.2, -0.15) is 0 Å². The first-order valence-corrected chi connectivity index (χ1v) is 11.5. The first-order valence-electron chi connectivity index (χ1n) is 11.5. The lowest BCUT2D eigenvalue weighted by Crippen LogP contribution is -2.34. The number of H-pyrrole nitrogens is 1. The van der Waals surface area contributed by atoms with E-state index >= 15 is 0 Å². The van der Waals surface area contributed by atoms with Crippen LogP contribution in [0.1, 0.15) is 57.8 Å². The van der Waals surface area contributed by atoms with E-state index in [2.05, 4.69) is 14.7 Å². The van der Waals surface area contributed by atoms with E-state index in [0.29, 0.717) is 0 Å². The van der Waals surface area contributed by atoms with Crippen LogP contribution in [0.25, 0.3) is 11.1 Å². The number of hydrogen-bond donors (Lipinski definition) is 1. The van der Waals surface area contributed by atoms with Crippen LogP contribution in [0.5, 0.6) is 0 Å². The normalized spacial score (nSPS) is 18.0. The van der Waals surface area contributed by atoms with Gasteiger partial charge in [-0.25, -0.2) is 24.2 Å². The summed E-state index contributed by atoms with van der Waals surface area (Å²) in [4.78, 5) is 91.9. The quantitative estimate of drug-likeness (QED) is 0.324. The summed E-state index contributed by atoms with van der Waals surface area (Å²) in [6, 6.07) is 0.997. The Morgan fingerprint density at radius 1 is 0.950 bits per heavy atom. The Morgan fingerprint density at radius 2 is 1.57 bits per heavy atom. The number of methoxy groups -OCH3 is 3. The number of hydrogen-bond acceptors (Lipinski definition) is 14. The number of ether oxygens (including phenoxy) is 6. The van der Waals surface area contributed by atoms with Gasteiger partial charge in [-0.3, -0.25) is 23.9 Å². The Labute approximate surface area is 225 Å². The zero-order chi connectivity index (χ0) is 29.7. The SMILES string of the molecule is COC(=O)c1cc(-c2cn([C@H]3CC(OC(C)=O)[C@@H](COC(C)=O)O3)c(=O)[nH]c2=O)c(C(=O)OC)nc1C(=O)OC. The maximum Gasteiger partial charge on any atom is 0.357 e. The van der Waals surface area contributed by atoms with E-state index in [1.165, 1.54) is 13.8 Å². The van der Waals surface area contributed by atoms with E-state index in [4.69, 9.17) is 23.7 Å². The fourth-order valence-corrected chi connectivity index (χ4v) is 3.94. The largest absolute Gasteiger partial charge is 0.465 e. The van der Waals surface area contributed by atoms with Crippen molar-refractivity contribution in [2.75, 3.05) is 27.9 Å². The zero-order valence-electron chi connectivity index (χ0n) is 22.0. The van der Waals surface area contributed by atoms with Gasteiger partial charge in [0.15, 0.2) is 11.4 Å². The monoisotopic (exact) mass is 563 g/mol. The van der Waals surface area contributed by atoms with Crippen molar-refractivity contribution in [1.82, 2.24) is 14.5 Å².